The highest BCUT2D eigenvalue weighted by molar-refractivity contribution is 5.69. The van der Waals surface area contributed by atoms with Gasteiger partial charge in [0.25, 0.3) is 0 Å². The number of aliphatic hydroxyl groups excluding tert-OH is 1. The molecule has 0 heterocycles. The van der Waals surface area contributed by atoms with Crippen molar-refractivity contribution in [2.75, 3.05) is 0 Å². The number of carbonyl (C=O) groups is 1. The summed E-state index contributed by atoms with van der Waals surface area (Å²) in [4.78, 5) is 11.2. The first kappa shape index (κ1) is 11.5. The average molecular weight is 201 g/mol. The van der Waals surface area contributed by atoms with Crippen LogP contribution in [0.1, 0.15) is 39.0 Å². The van der Waals surface area contributed by atoms with Crippen molar-refractivity contribution < 1.29 is 14.6 Å². The van der Waals surface area contributed by atoms with Crippen LogP contribution in [0.4, 0.5) is 0 Å². The van der Waals surface area contributed by atoms with Crippen LogP contribution < -0.4 is 5.73 Å². The van der Waals surface area contributed by atoms with Crippen LogP contribution in [0.2, 0.25) is 0 Å². The van der Waals surface area contributed by atoms with E-state index in [1.54, 1.807) is 0 Å². The number of esters is 1. The SMILES string of the molecule is CCCC(=O)OC1CCCC(O)C1N. The molecule has 3 N–H and O–H groups in total. The summed E-state index contributed by atoms with van der Waals surface area (Å²) in [5, 5.41) is 9.47. The second kappa shape index (κ2) is 5.32. The summed E-state index contributed by atoms with van der Waals surface area (Å²) in [5.74, 6) is -0.206. The number of aliphatic hydroxyl groups is 1. The van der Waals surface area contributed by atoms with Gasteiger partial charge in [-0.2, -0.15) is 0 Å². The number of nitrogens with two attached hydrogens (primary N) is 1. The molecule has 1 aliphatic rings. The Labute approximate surface area is 84.4 Å². The third kappa shape index (κ3) is 2.96. The van der Waals surface area contributed by atoms with E-state index in [0.717, 1.165) is 19.3 Å². The van der Waals surface area contributed by atoms with Crippen LogP contribution in [-0.2, 0) is 9.53 Å². The molecule has 1 saturated carbocycles. The second-order valence-electron chi connectivity index (χ2n) is 3.85. The fourth-order valence-electron chi connectivity index (χ4n) is 1.73. The fourth-order valence-corrected chi connectivity index (χ4v) is 1.73. The van der Waals surface area contributed by atoms with Crippen molar-refractivity contribution in [2.24, 2.45) is 5.73 Å². The Morgan fingerprint density at radius 1 is 1.57 bits per heavy atom. The van der Waals surface area contributed by atoms with Gasteiger partial charge in [0.2, 0.25) is 0 Å². The van der Waals surface area contributed by atoms with Crippen LogP contribution in [0.15, 0.2) is 0 Å². The van der Waals surface area contributed by atoms with E-state index in [2.05, 4.69) is 0 Å². The van der Waals surface area contributed by atoms with Gasteiger partial charge in [-0.15, -0.1) is 0 Å². The van der Waals surface area contributed by atoms with E-state index in [1.807, 2.05) is 6.92 Å². The monoisotopic (exact) mass is 201 g/mol. The molecule has 4 nitrogen and oxygen atoms in total. The van der Waals surface area contributed by atoms with Gasteiger partial charge in [-0.25, -0.2) is 0 Å². The van der Waals surface area contributed by atoms with Gasteiger partial charge in [0.05, 0.1) is 12.1 Å². The van der Waals surface area contributed by atoms with Gasteiger partial charge < -0.3 is 15.6 Å². The molecule has 0 aromatic rings. The molecular formula is C10H19NO3. The fraction of sp³-hybridized carbons (Fsp3) is 0.900. The average Bonchev–Trinajstić information content (AvgIpc) is 2.13. The lowest BCUT2D eigenvalue weighted by Crippen LogP contribution is -2.49. The highest BCUT2D eigenvalue weighted by atomic mass is 16.5. The third-order valence-corrected chi connectivity index (χ3v) is 2.60. The normalized spacial score (nSPS) is 32.6. The Morgan fingerprint density at radius 2 is 2.29 bits per heavy atom. The van der Waals surface area contributed by atoms with Crippen molar-refractivity contribution in [1.29, 1.82) is 0 Å². The van der Waals surface area contributed by atoms with Gasteiger partial charge >= 0.3 is 5.97 Å². The summed E-state index contributed by atoms with van der Waals surface area (Å²) >= 11 is 0. The molecule has 3 atom stereocenters. The summed E-state index contributed by atoms with van der Waals surface area (Å²) in [6, 6.07) is -0.412. The predicted molar refractivity (Wildman–Crippen MR) is 52.6 cm³/mol. The molecular weight excluding hydrogens is 182 g/mol. The molecule has 0 aliphatic heterocycles. The third-order valence-electron chi connectivity index (χ3n) is 2.60. The Balaban J connectivity index is 2.39. The van der Waals surface area contributed by atoms with E-state index in [0.29, 0.717) is 12.8 Å². The highest BCUT2D eigenvalue weighted by Gasteiger charge is 2.31. The van der Waals surface area contributed by atoms with Crippen molar-refractivity contribution in [3.8, 4) is 0 Å². The molecule has 0 saturated heterocycles. The Hall–Kier alpha value is -0.610. The maximum atomic E-state index is 11.2. The smallest absolute Gasteiger partial charge is 0.306 e. The van der Waals surface area contributed by atoms with Gasteiger partial charge in [-0.05, 0) is 25.7 Å². The van der Waals surface area contributed by atoms with Crippen LogP contribution in [0.3, 0.4) is 0 Å². The topological polar surface area (TPSA) is 72.5 Å². The molecule has 82 valence electrons. The van der Waals surface area contributed by atoms with E-state index in [4.69, 9.17) is 10.5 Å². The minimum absolute atomic E-state index is 0.206. The maximum Gasteiger partial charge on any atom is 0.306 e. The number of ether oxygens (including phenoxy) is 1. The standard InChI is InChI=1S/C10H19NO3/c1-2-4-9(13)14-8-6-3-5-7(12)10(8)11/h7-8,10,12H,2-6,11H2,1H3. The molecule has 0 bridgehead atoms. The number of rotatable bonds is 3. The number of carbonyl (C=O) groups excluding carboxylic acids is 1. The molecule has 3 unspecified atom stereocenters. The van der Waals surface area contributed by atoms with Crippen molar-refractivity contribution in [3.05, 3.63) is 0 Å². The van der Waals surface area contributed by atoms with E-state index in [1.165, 1.54) is 0 Å². The molecule has 0 aromatic heterocycles. The predicted octanol–water partition coefficient (Wildman–Crippen LogP) is 0.570. The van der Waals surface area contributed by atoms with Gasteiger partial charge in [0.1, 0.15) is 6.10 Å². The zero-order valence-corrected chi connectivity index (χ0v) is 8.61. The minimum Gasteiger partial charge on any atom is -0.461 e. The largest absolute Gasteiger partial charge is 0.461 e. The van der Waals surface area contributed by atoms with E-state index in [-0.39, 0.29) is 12.1 Å². The van der Waals surface area contributed by atoms with Crippen molar-refractivity contribution in [2.45, 2.75) is 57.3 Å². The summed E-state index contributed by atoms with van der Waals surface area (Å²) in [6.07, 6.45) is 2.75. The van der Waals surface area contributed by atoms with E-state index < -0.39 is 12.1 Å². The van der Waals surface area contributed by atoms with Gasteiger partial charge in [0.15, 0.2) is 0 Å². The van der Waals surface area contributed by atoms with E-state index >= 15 is 0 Å². The van der Waals surface area contributed by atoms with Crippen LogP contribution >= 0.6 is 0 Å². The van der Waals surface area contributed by atoms with Crippen LogP contribution in [-0.4, -0.2) is 29.3 Å². The number of hydrogen-bond donors (Lipinski definition) is 2. The Bertz CT molecular complexity index is 196. The van der Waals surface area contributed by atoms with Gasteiger partial charge in [-0.1, -0.05) is 6.92 Å². The van der Waals surface area contributed by atoms with Crippen LogP contribution in [0, 0.1) is 0 Å². The quantitative estimate of drug-likeness (QED) is 0.655. The molecule has 1 fully saturated rings. The zero-order valence-electron chi connectivity index (χ0n) is 8.61. The lowest BCUT2D eigenvalue weighted by Gasteiger charge is -2.32. The van der Waals surface area contributed by atoms with Crippen LogP contribution in [0.25, 0.3) is 0 Å². The molecule has 0 radical (unpaired) electrons. The van der Waals surface area contributed by atoms with Crippen molar-refractivity contribution in [3.63, 3.8) is 0 Å². The van der Waals surface area contributed by atoms with Crippen LogP contribution in [0.5, 0.6) is 0 Å². The second-order valence-corrected chi connectivity index (χ2v) is 3.85. The molecule has 1 rings (SSSR count). The summed E-state index contributed by atoms with van der Waals surface area (Å²) in [5.41, 5.74) is 5.74. The van der Waals surface area contributed by atoms with E-state index in [9.17, 15) is 9.90 Å². The first-order valence-corrected chi connectivity index (χ1v) is 5.28. The van der Waals surface area contributed by atoms with Crippen molar-refractivity contribution in [1.82, 2.24) is 0 Å². The van der Waals surface area contributed by atoms with Gasteiger partial charge in [-0.3, -0.25) is 4.79 Å². The lowest BCUT2D eigenvalue weighted by atomic mass is 9.90. The minimum atomic E-state index is -0.525. The first-order valence-electron chi connectivity index (χ1n) is 5.28. The Morgan fingerprint density at radius 3 is 2.93 bits per heavy atom. The molecule has 0 spiro atoms. The lowest BCUT2D eigenvalue weighted by molar-refractivity contribution is -0.153. The maximum absolute atomic E-state index is 11.2. The summed E-state index contributed by atoms with van der Waals surface area (Å²) in [6.45, 7) is 1.93. The first-order chi connectivity index (χ1) is 6.65. The molecule has 0 amide bonds. The molecule has 4 heteroatoms. The highest BCUT2D eigenvalue weighted by Crippen LogP contribution is 2.20. The van der Waals surface area contributed by atoms with Crippen molar-refractivity contribution >= 4 is 5.97 Å². The molecule has 14 heavy (non-hydrogen) atoms. The summed E-state index contributed by atoms with van der Waals surface area (Å²) < 4.78 is 5.19. The zero-order chi connectivity index (χ0) is 10.6. The number of hydrogen-bond acceptors (Lipinski definition) is 4. The molecule has 0 aromatic carbocycles. The van der Waals surface area contributed by atoms with Gasteiger partial charge in [0, 0.05) is 6.42 Å². The Kier molecular flexibility index (Phi) is 4.35. The molecule has 1 aliphatic carbocycles. The summed E-state index contributed by atoms with van der Waals surface area (Å²) in [7, 11) is 0.